The van der Waals surface area contributed by atoms with Gasteiger partial charge in [0, 0.05) is 37.3 Å². The summed E-state index contributed by atoms with van der Waals surface area (Å²) in [6, 6.07) is 25.4. The molecule has 5 aromatic rings. The molecule has 4 heterocycles. The minimum atomic E-state index is -0.385. The van der Waals surface area contributed by atoms with Crippen molar-refractivity contribution in [1.82, 2.24) is 29.9 Å². The van der Waals surface area contributed by atoms with Crippen LogP contribution in [0.5, 0.6) is 11.5 Å². The summed E-state index contributed by atoms with van der Waals surface area (Å²) >= 11 is 0. The fourth-order valence-corrected chi connectivity index (χ4v) is 5.21. The highest BCUT2D eigenvalue weighted by Gasteiger charge is 2.36. The number of amides is 1. The van der Waals surface area contributed by atoms with Crippen LogP contribution >= 0.6 is 0 Å². The van der Waals surface area contributed by atoms with E-state index in [0.29, 0.717) is 37.3 Å². The lowest BCUT2D eigenvalue weighted by Gasteiger charge is -2.38. The Kier molecular flexibility index (Phi) is 5.05. The molecule has 0 N–H and O–H groups in total. The summed E-state index contributed by atoms with van der Waals surface area (Å²) < 4.78 is 7.81. The van der Waals surface area contributed by atoms with Gasteiger partial charge in [-0.3, -0.25) is 4.79 Å². The van der Waals surface area contributed by atoms with Crippen LogP contribution in [0.25, 0.3) is 16.9 Å². The molecule has 1 saturated heterocycles. The van der Waals surface area contributed by atoms with Gasteiger partial charge in [-0.1, -0.05) is 59.8 Å². The Morgan fingerprint density at radius 1 is 0.784 bits per heavy atom. The van der Waals surface area contributed by atoms with Gasteiger partial charge in [-0.05, 0) is 24.3 Å². The first-order valence-corrected chi connectivity index (χ1v) is 12.3. The van der Waals surface area contributed by atoms with Gasteiger partial charge in [-0.15, -0.1) is 5.10 Å². The number of hydrogen-bond donors (Lipinski definition) is 0. The lowest BCUT2D eigenvalue weighted by molar-refractivity contribution is -0.132. The molecule has 0 atom stereocenters. The van der Waals surface area contributed by atoms with Crippen molar-refractivity contribution in [1.29, 1.82) is 0 Å². The first-order valence-electron chi connectivity index (χ1n) is 12.3. The molecule has 0 spiro atoms. The van der Waals surface area contributed by atoms with Gasteiger partial charge in [0.25, 0.3) is 0 Å². The van der Waals surface area contributed by atoms with Gasteiger partial charge in [0.1, 0.15) is 17.8 Å². The Labute approximate surface area is 212 Å². The number of carbonyl (C=O) groups is 1. The quantitative estimate of drug-likeness (QED) is 0.381. The standard InChI is InChI=1S/C28H23N7O2/c36-28(24-20-10-4-6-12-22(20)37-23-13-7-5-11-21(23)24)34-16-14-33(15-17-34)26-25-27(30-18-29-26)35(32-31-25)19-8-2-1-3-9-19/h1-13,18,24H,14-17H2. The monoisotopic (exact) mass is 489 g/mol. The van der Waals surface area contributed by atoms with E-state index in [9.17, 15) is 4.79 Å². The highest BCUT2D eigenvalue weighted by atomic mass is 16.5. The summed E-state index contributed by atoms with van der Waals surface area (Å²) in [6.07, 6.45) is 1.55. The van der Waals surface area contributed by atoms with E-state index >= 15 is 0 Å². The summed E-state index contributed by atoms with van der Waals surface area (Å²) in [5.74, 6) is 1.92. The van der Waals surface area contributed by atoms with Gasteiger partial charge < -0.3 is 14.5 Å². The highest BCUT2D eigenvalue weighted by Crippen LogP contribution is 2.44. The van der Waals surface area contributed by atoms with Crippen molar-refractivity contribution in [3.8, 4) is 17.2 Å². The number of rotatable bonds is 3. The molecule has 2 aliphatic heterocycles. The average Bonchev–Trinajstić information content (AvgIpc) is 3.41. The molecule has 182 valence electrons. The molecule has 0 bridgehead atoms. The SMILES string of the molecule is O=C(C1c2ccccc2Oc2ccccc21)N1CCN(c2ncnc3c2nnn3-c2ccccc2)CC1. The fraction of sp³-hybridized carbons (Fsp3) is 0.179. The van der Waals surface area contributed by atoms with Gasteiger partial charge in [0.05, 0.1) is 11.6 Å². The summed E-state index contributed by atoms with van der Waals surface area (Å²) in [4.78, 5) is 27.0. The molecule has 1 fully saturated rings. The Bertz CT molecular complexity index is 1560. The van der Waals surface area contributed by atoms with E-state index in [1.54, 1.807) is 11.0 Å². The van der Waals surface area contributed by atoms with Crippen molar-refractivity contribution in [2.45, 2.75) is 5.92 Å². The fourth-order valence-electron chi connectivity index (χ4n) is 5.21. The van der Waals surface area contributed by atoms with Gasteiger partial charge >= 0.3 is 0 Å². The van der Waals surface area contributed by atoms with E-state index in [0.717, 1.165) is 34.1 Å². The van der Waals surface area contributed by atoms with Gasteiger partial charge in [0.2, 0.25) is 5.91 Å². The third-order valence-electron chi connectivity index (χ3n) is 7.04. The number of ether oxygens (including phenoxy) is 1. The highest BCUT2D eigenvalue weighted by molar-refractivity contribution is 5.90. The number of hydrogen-bond acceptors (Lipinski definition) is 7. The van der Waals surface area contributed by atoms with Crippen molar-refractivity contribution < 1.29 is 9.53 Å². The van der Waals surface area contributed by atoms with Crippen LogP contribution in [0.15, 0.2) is 85.2 Å². The van der Waals surface area contributed by atoms with Crippen LogP contribution in [0.3, 0.4) is 0 Å². The maximum Gasteiger partial charge on any atom is 0.234 e. The second-order valence-corrected chi connectivity index (χ2v) is 9.13. The molecule has 1 amide bonds. The third kappa shape index (κ3) is 3.58. The van der Waals surface area contributed by atoms with Crippen molar-refractivity contribution in [2.75, 3.05) is 31.1 Å². The van der Waals surface area contributed by atoms with Crippen molar-refractivity contribution >= 4 is 22.9 Å². The molecule has 37 heavy (non-hydrogen) atoms. The molecular weight excluding hydrogens is 466 g/mol. The molecule has 0 saturated carbocycles. The van der Waals surface area contributed by atoms with Crippen LogP contribution in [0.4, 0.5) is 5.82 Å². The first kappa shape index (κ1) is 21.5. The summed E-state index contributed by atoms with van der Waals surface area (Å²) in [5.41, 5.74) is 4.01. The number of aromatic nitrogens is 5. The summed E-state index contributed by atoms with van der Waals surface area (Å²) in [7, 11) is 0. The van der Waals surface area contributed by atoms with Gasteiger partial charge in [0.15, 0.2) is 17.0 Å². The molecular formula is C28H23N7O2. The van der Waals surface area contributed by atoms with Crippen LogP contribution in [0, 0.1) is 0 Å². The maximum atomic E-state index is 13.9. The molecule has 3 aromatic carbocycles. The number of nitrogens with zero attached hydrogens (tertiary/aromatic N) is 7. The number of fused-ring (bicyclic) bond motifs is 3. The molecule has 2 aliphatic rings. The predicted octanol–water partition coefficient (Wildman–Crippen LogP) is 3.80. The minimum absolute atomic E-state index is 0.0886. The number of para-hydroxylation sites is 3. The van der Waals surface area contributed by atoms with E-state index in [-0.39, 0.29) is 11.8 Å². The van der Waals surface area contributed by atoms with E-state index in [1.165, 1.54) is 0 Å². The number of benzene rings is 3. The summed E-state index contributed by atoms with van der Waals surface area (Å²) in [5, 5.41) is 8.73. The normalized spacial score (nSPS) is 15.2. The van der Waals surface area contributed by atoms with Gasteiger partial charge in [-0.25, -0.2) is 9.97 Å². The van der Waals surface area contributed by atoms with E-state index < -0.39 is 0 Å². The van der Waals surface area contributed by atoms with E-state index in [2.05, 4.69) is 25.2 Å². The number of piperazine rings is 1. The molecule has 0 radical (unpaired) electrons. The molecule has 9 nitrogen and oxygen atoms in total. The number of anilines is 1. The first-order chi connectivity index (χ1) is 18.3. The van der Waals surface area contributed by atoms with Crippen LogP contribution in [0.1, 0.15) is 17.0 Å². The zero-order chi connectivity index (χ0) is 24.8. The van der Waals surface area contributed by atoms with Crippen LogP contribution < -0.4 is 9.64 Å². The molecule has 0 unspecified atom stereocenters. The molecule has 7 rings (SSSR count). The summed E-state index contributed by atoms with van der Waals surface area (Å²) in [6.45, 7) is 2.45. The zero-order valence-electron chi connectivity index (χ0n) is 19.9. The predicted molar refractivity (Wildman–Crippen MR) is 138 cm³/mol. The smallest absolute Gasteiger partial charge is 0.234 e. The van der Waals surface area contributed by atoms with Crippen LogP contribution in [-0.4, -0.2) is 61.9 Å². The zero-order valence-corrected chi connectivity index (χ0v) is 19.9. The molecule has 0 aliphatic carbocycles. The van der Waals surface area contributed by atoms with Crippen LogP contribution in [0.2, 0.25) is 0 Å². The van der Waals surface area contributed by atoms with Crippen LogP contribution in [-0.2, 0) is 4.79 Å². The third-order valence-corrected chi connectivity index (χ3v) is 7.04. The average molecular weight is 490 g/mol. The van der Waals surface area contributed by atoms with Crippen molar-refractivity contribution in [3.05, 3.63) is 96.3 Å². The second kappa shape index (κ2) is 8.70. The van der Waals surface area contributed by atoms with E-state index in [1.807, 2.05) is 83.8 Å². The second-order valence-electron chi connectivity index (χ2n) is 9.13. The Balaban J connectivity index is 1.14. The van der Waals surface area contributed by atoms with Gasteiger partial charge in [-0.2, -0.15) is 4.68 Å². The number of carbonyl (C=O) groups excluding carboxylic acids is 1. The minimum Gasteiger partial charge on any atom is -0.457 e. The Hall–Kier alpha value is -4.79. The Morgan fingerprint density at radius 2 is 1.43 bits per heavy atom. The molecule has 2 aromatic heterocycles. The molecule has 9 heteroatoms. The largest absolute Gasteiger partial charge is 0.457 e. The maximum absolute atomic E-state index is 13.9. The topological polar surface area (TPSA) is 89.3 Å². The lowest BCUT2D eigenvalue weighted by atomic mass is 9.86. The van der Waals surface area contributed by atoms with Crippen molar-refractivity contribution in [2.24, 2.45) is 0 Å². The lowest BCUT2D eigenvalue weighted by Crippen LogP contribution is -2.50. The van der Waals surface area contributed by atoms with E-state index in [4.69, 9.17) is 4.74 Å². The van der Waals surface area contributed by atoms with Crippen molar-refractivity contribution in [3.63, 3.8) is 0 Å². The Morgan fingerprint density at radius 3 is 2.14 bits per heavy atom.